The lowest BCUT2D eigenvalue weighted by Crippen LogP contribution is -2.30. The van der Waals surface area contributed by atoms with Gasteiger partial charge < -0.3 is 15.6 Å². The number of rotatable bonds is 5. The first-order chi connectivity index (χ1) is 16.7. The van der Waals surface area contributed by atoms with E-state index in [9.17, 15) is 4.79 Å². The normalized spacial score (nSPS) is 14.6. The Balaban J connectivity index is 1.27. The molecule has 0 radical (unpaired) electrons. The molecule has 34 heavy (non-hydrogen) atoms. The highest BCUT2D eigenvalue weighted by atomic mass is 16.1. The first-order valence-corrected chi connectivity index (χ1v) is 11.6. The average Bonchev–Trinajstić information content (AvgIpc) is 3.48. The van der Waals surface area contributed by atoms with Gasteiger partial charge in [0.1, 0.15) is 5.69 Å². The van der Waals surface area contributed by atoms with Crippen LogP contribution in [-0.4, -0.2) is 44.1 Å². The maximum Gasteiger partial charge on any atom is 0.224 e. The fourth-order valence-electron chi connectivity index (χ4n) is 4.72. The summed E-state index contributed by atoms with van der Waals surface area (Å²) in [7, 11) is 0. The van der Waals surface area contributed by atoms with Crippen molar-refractivity contribution in [3.63, 3.8) is 0 Å². The summed E-state index contributed by atoms with van der Waals surface area (Å²) < 4.78 is 0. The first-order valence-electron chi connectivity index (χ1n) is 11.6. The highest BCUT2D eigenvalue weighted by molar-refractivity contribution is 5.98. The van der Waals surface area contributed by atoms with Crippen molar-refractivity contribution in [3.8, 4) is 22.5 Å². The van der Waals surface area contributed by atoms with Crippen molar-refractivity contribution < 1.29 is 4.79 Å². The van der Waals surface area contributed by atoms with Gasteiger partial charge in [0.25, 0.3) is 0 Å². The molecule has 1 saturated heterocycles. The number of anilines is 1. The van der Waals surface area contributed by atoms with Crippen molar-refractivity contribution in [2.45, 2.75) is 19.3 Å². The largest absolute Gasteiger partial charge is 0.352 e. The molecule has 8 nitrogen and oxygen atoms in total. The van der Waals surface area contributed by atoms with Crippen LogP contribution < -0.4 is 10.6 Å². The van der Waals surface area contributed by atoms with Crippen molar-refractivity contribution in [1.29, 1.82) is 0 Å². The molecular formula is C26H25N7O. The van der Waals surface area contributed by atoms with Crippen molar-refractivity contribution in [2.24, 2.45) is 5.92 Å². The smallest absolute Gasteiger partial charge is 0.224 e. The number of amides is 1. The molecule has 1 aliphatic rings. The van der Waals surface area contributed by atoms with Gasteiger partial charge in [0, 0.05) is 35.2 Å². The Bertz CT molecular complexity index is 1450. The molecule has 1 amide bonds. The summed E-state index contributed by atoms with van der Waals surface area (Å²) in [6, 6.07) is 12.2. The molecule has 1 fully saturated rings. The molecular weight excluding hydrogens is 426 g/mol. The maximum atomic E-state index is 12.6. The van der Waals surface area contributed by atoms with Gasteiger partial charge in [-0.05, 0) is 67.7 Å². The van der Waals surface area contributed by atoms with Crippen LogP contribution in [0.2, 0.25) is 0 Å². The van der Waals surface area contributed by atoms with E-state index in [0.717, 1.165) is 70.3 Å². The summed E-state index contributed by atoms with van der Waals surface area (Å²) in [5.74, 6) is 0.492. The second-order valence-corrected chi connectivity index (χ2v) is 8.89. The minimum absolute atomic E-state index is 0.0479. The molecule has 8 heteroatoms. The Labute approximate surface area is 196 Å². The van der Waals surface area contributed by atoms with Crippen LogP contribution in [0.4, 0.5) is 5.69 Å². The summed E-state index contributed by atoms with van der Waals surface area (Å²) in [5, 5.41) is 16.2. The fraction of sp³-hybridized carbons (Fsp3) is 0.231. The van der Waals surface area contributed by atoms with Gasteiger partial charge in [-0.25, -0.2) is 0 Å². The molecule has 4 aromatic heterocycles. The third kappa shape index (κ3) is 4.04. The number of aromatic amines is 2. The van der Waals surface area contributed by atoms with Crippen LogP contribution in [0.25, 0.3) is 44.3 Å². The number of aromatic nitrogens is 5. The molecule has 0 unspecified atom stereocenters. The number of hydrogen-bond acceptors (Lipinski definition) is 5. The summed E-state index contributed by atoms with van der Waals surface area (Å²) in [6.45, 7) is 1.98. The number of pyridine rings is 2. The van der Waals surface area contributed by atoms with Crippen LogP contribution in [0, 0.1) is 5.92 Å². The molecule has 0 aliphatic carbocycles. The summed E-state index contributed by atoms with van der Waals surface area (Å²) in [4.78, 5) is 24.5. The molecule has 0 saturated carbocycles. The monoisotopic (exact) mass is 451 g/mol. The zero-order valence-corrected chi connectivity index (χ0v) is 18.6. The molecule has 0 bridgehead atoms. The second kappa shape index (κ2) is 8.72. The predicted molar refractivity (Wildman–Crippen MR) is 133 cm³/mol. The van der Waals surface area contributed by atoms with Crippen molar-refractivity contribution in [3.05, 3.63) is 61.2 Å². The van der Waals surface area contributed by atoms with E-state index < -0.39 is 0 Å². The third-order valence-corrected chi connectivity index (χ3v) is 6.53. The molecule has 0 atom stereocenters. The molecule has 5 heterocycles. The van der Waals surface area contributed by atoms with Crippen molar-refractivity contribution in [2.75, 3.05) is 18.4 Å². The van der Waals surface area contributed by atoms with Gasteiger partial charge in [-0.2, -0.15) is 5.10 Å². The van der Waals surface area contributed by atoms with Crippen molar-refractivity contribution in [1.82, 2.24) is 30.5 Å². The number of nitrogens with one attached hydrogen (secondary N) is 4. The van der Waals surface area contributed by atoms with E-state index in [2.05, 4.69) is 47.9 Å². The Morgan fingerprint density at radius 2 is 1.88 bits per heavy atom. The van der Waals surface area contributed by atoms with E-state index in [4.69, 9.17) is 0 Å². The van der Waals surface area contributed by atoms with E-state index in [1.54, 1.807) is 12.4 Å². The number of benzene rings is 1. The maximum absolute atomic E-state index is 12.6. The number of fused-ring (bicyclic) bond motifs is 2. The van der Waals surface area contributed by atoms with Gasteiger partial charge in [-0.15, -0.1) is 0 Å². The van der Waals surface area contributed by atoms with E-state index >= 15 is 0 Å². The Hall–Kier alpha value is -4.04. The highest BCUT2D eigenvalue weighted by Crippen LogP contribution is 2.32. The number of nitrogens with zero attached hydrogens (tertiary/aromatic N) is 3. The summed E-state index contributed by atoms with van der Waals surface area (Å²) in [6.07, 6.45) is 9.76. The zero-order valence-electron chi connectivity index (χ0n) is 18.6. The van der Waals surface area contributed by atoms with Crippen LogP contribution >= 0.6 is 0 Å². The van der Waals surface area contributed by atoms with E-state index in [1.807, 2.05) is 36.7 Å². The Morgan fingerprint density at radius 1 is 0.971 bits per heavy atom. The first kappa shape index (κ1) is 20.6. The zero-order chi connectivity index (χ0) is 22.9. The lowest BCUT2D eigenvalue weighted by molar-refractivity contribution is -0.117. The molecule has 1 aliphatic heterocycles. The Morgan fingerprint density at radius 3 is 2.76 bits per heavy atom. The molecule has 5 aromatic rings. The van der Waals surface area contributed by atoms with Crippen LogP contribution in [0.15, 0.2) is 61.2 Å². The van der Waals surface area contributed by atoms with E-state index in [0.29, 0.717) is 18.0 Å². The second-order valence-electron chi connectivity index (χ2n) is 8.89. The lowest BCUT2D eigenvalue weighted by atomic mass is 9.94. The topological polar surface area (TPSA) is 111 Å². The molecule has 170 valence electrons. The molecule has 6 rings (SSSR count). The lowest BCUT2D eigenvalue weighted by Gasteiger charge is -2.21. The minimum Gasteiger partial charge on any atom is -0.352 e. The highest BCUT2D eigenvalue weighted by Gasteiger charge is 2.17. The van der Waals surface area contributed by atoms with Gasteiger partial charge in [-0.1, -0.05) is 6.07 Å². The van der Waals surface area contributed by atoms with Gasteiger partial charge in [-0.3, -0.25) is 19.9 Å². The van der Waals surface area contributed by atoms with Crippen LogP contribution in [0.1, 0.15) is 19.3 Å². The third-order valence-electron chi connectivity index (χ3n) is 6.53. The summed E-state index contributed by atoms with van der Waals surface area (Å²) in [5.41, 5.74) is 6.38. The SMILES string of the molecule is O=C(CC1CCNCC1)Nc1cncc(-c2ccc3[nH]nc(-c4cc5ccncc5[nH]4)c3c2)c1. The van der Waals surface area contributed by atoms with Crippen LogP contribution in [0.3, 0.4) is 0 Å². The van der Waals surface area contributed by atoms with Gasteiger partial charge in [0.2, 0.25) is 5.91 Å². The number of carbonyl (C=O) groups excluding carboxylic acids is 1. The molecule has 1 aromatic carbocycles. The molecule has 0 spiro atoms. The van der Waals surface area contributed by atoms with Crippen LogP contribution in [0.5, 0.6) is 0 Å². The van der Waals surface area contributed by atoms with E-state index in [1.165, 1.54) is 0 Å². The number of H-pyrrole nitrogens is 2. The quantitative estimate of drug-likeness (QED) is 0.314. The number of piperidine rings is 1. The van der Waals surface area contributed by atoms with E-state index in [-0.39, 0.29) is 5.91 Å². The van der Waals surface area contributed by atoms with Gasteiger partial charge >= 0.3 is 0 Å². The average molecular weight is 452 g/mol. The number of carbonyl (C=O) groups is 1. The standard InChI is InChI=1S/C26H25N7O/c34-25(9-16-3-6-27-7-4-16)30-20-10-19(13-29-14-20)17-1-2-22-21(11-17)26(33-32-22)23-12-18-5-8-28-15-24(18)31-23/h1-2,5,8,10-16,27,31H,3-4,6-7,9H2,(H,30,34)(H,32,33). The fourth-order valence-corrected chi connectivity index (χ4v) is 4.72. The van der Waals surface area contributed by atoms with Gasteiger partial charge in [0.15, 0.2) is 0 Å². The Kier molecular flexibility index (Phi) is 5.27. The minimum atomic E-state index is 0.0479. The number of hydrogen-bond donors (Lipinski definition) is 4. The molecule has 4 N–H and O–H groups in total. The van der Waals surface area contributed by atoms with Gasteiger partial charge in [0.05, 0.1) is 34.8 Å². The van der Waals surface area contributed by atoms with Crippen LogP contribution in [-0.2, 0) is 4.79 Å². The van der Waals surface area contributed by atoms with Crippen molar-refractivity contribution >= 4 is 33.4 Å². The predicted octanol–water partition coefficient (Wildman–Crippen LogP) is 4.50. The summed E-state index contributed by atoms with van der Waals surface area (Å²) >= 11 is 0.